The van der Waals surface area contributed by atoms with Gasteiger partial charge in [-0.25, -0.2) is 0 Å². The Labute approximate surface area is 130 Å². The van der Waals surface area contributed by atoms with Crippen LogP contribution in [0.15, 0.2) is 48.7 Å². The lowest BCUT2D eigenvalue weighted by Crippen LogP contribution is -2.04. The quantitative estimate of drug-likeness (QED) is 0.440. The van der Waals surface area contributed by atoms with Crippen molar-refractivity contribution >= 4 is 23.5 Å². The second-order valence-electron chi connectivity index (χ2n) is 5.18. The maximum Gasteiger partial charge on any atom is 0.0734 e. The Morgan fingerprint density at radius 3 is 2.86 bits per heavy atom. The number of hydrogen-bond acceptors (Lipinski definition) is 3. The fourth-order valence-electron chi connectivity index (χ4n) is 2.62. The molecule has 0 radical (unpaired) electrons. The summed E-state index contributed by atoms with van der Waals surface area (Å²) in [5.74, 6) is 0. The van der Waals surface area contributed by atoms with Crippen LogP contribution in [0.4, 0.5) is 0 Å². The Balaban J connectivity index is 2.06. The van der Waals surface area contributed by atoms with Crippen molar-refractivity contribution in [2.24, 2.45) is 5.73 Å². The van der Waals surface area contributed by atoms with E-state index in [2.05, 4.69) is 59.5 Å². The average Bonchev–Trinajstić information content (AvgIpc) is 2.91. The molecule has 1 unspecified atom stereocenters. The molecule has 1 atom stereocenters. The number of thiol groups is 1. The van der Waals surface area contributed by atoms with Gasteiger partial charge in [-0.15, -0.1) is 0 Å². The van der Waals surface area contributed by atoms with E-state index >= 15 is 0 Å². The van der Waals surface area contributed by atoms with Crippen LogP contribution in [0.5, 0.6) is 0 Å². The number of benzene rings is 2. The summed E-state index contributed by atoms with van der Waals surface area (Å²) >= 11 is 4.31. The van der Waals surface area contributed by atoms with Gasteiger partial charge >= 0.3 is 0 Å². The van der Waals surface area contributed by atoms with Crippen molar-refractivity contribution in [3.63, 3.8) is 0 Å². The minimum atomic E-state index is -0.252. The molecule has 1 heterocycles. The van der Waals surface area contributed by atoms with Gasteiger partial charge in [-0.2, -0.15) is 12.6 Å². The Hall–Kier alpha value is -1.75. The number of nitrogens with one attached hydrogen (secondary N) is 2. The number of rotatable bonds is 4. The van der Waals surface area contributed by atoms with E-state index in [9.17, 15) is 0 Å². The van der Waals surface area contributed by atoms with E-state index in [0.29, 0.717) is 0 Å². The highest BCUT2D eigenvalue weighted by Gasteiger charge is 2.08. The molecular formula is C17H19N3S. The third-order valence-electron chi connectivity index (χ3n) is 3.67. The van der Waals surface area contributed by atoms with Crippen LogP contribution in [0.3, 0.4) is 0 Å². The molecule has 0 amide bonds. The predicted molar refractivity (Wildman–Crippen MR) is 92.4 cm³/mol. The van der Waals surface area contributed by atoms with Crippen molar-refractivity contribution in [2.45, 2.75) is 11.9 Å². The maximum atomic E-state index is 5.85. The topological polar surface area (TPSA) is 53.8 Å². The van der Waals surface area contributed by atoms with Crippen LogP contribution in [0.1, 0.15) is 16.5 Å². The van der Waals surface area contributed by atoms with Crippen molar-refractivity contribution in [1.82, 2.24) is 10.3 Å². The number of aromatic amines is 1. The first-order valence-corrected chi connectivity index (χ1v) is 7.49. The van der Waals surface area contributed by atoms with Crippen molar-refractivity contribution < 1.29 is 0 Å². The van der Waals surface area contributed by atoms with Gasteiger partial charge in [-0.3, -0.25) is 0 Å². The molecule has 21 heavy (non-hydrogen) atoms. The second kappa shape index (κ2) is 5.93. The first kappa shape index (κ1) is 14.2. The normalized spacial score (nSPS) is 12.7. The minimum absolute atomic E-state index is 0.252. The molecule has 0 spiro atoms. The number of fused-ring (bicyclic) bond motifs is 1. The molecule has 2 aromatic carbocycles. The van der Waals surface area contributed by atoms with Gasteiger partial charge in [-0.05, 0) is 35.9 Å². The zero-order valence-electron chi connectivity index (χ0n) is 11.9. The Morgan fingerprint density at radius 2 is 2.10 bits per heavy atom. The Kier molecular flexibility index (Phi) is 4.01. The maximum absolute atomic E-state index is 5.85. The third-order valence-corrected chi connectivity index (χ3v) is 3.96. The van der Waals surface area contributed by atoms with Crippen molar-refractivity contribution in [2.75, 3.05) is 7.05 Å². The van der Waals surface area contributed by atoms with Crippen LogP contribution in [0, 0.1) is 0 Å². The summed E-state index contributed by atoms with van der Waals surface area (Å²) in [5, 5.41) is 4.14. The average molecular weight is 297 g/mol. The standard InChI is InChI=1S/C17H19N3S/c1-19-9-11-5-6-14-15(10-20-16(14)7-11)12-3-2-4-13(8-12)17(18)21/h2-8,10,17,19-21H,9,18H2,1H3. The van der Waals surface area contributed by atoms with Crippen LogP contribution >= 0.6 is 12.6 Å². The van der Waals surface area contributed by atoms with E-state index in [0.717, 1.165) is 23.2 Å². The molecule has 0 aliphatic carbocycles. The summed E-state index contributed by atoms with van der Waals surface area (Å²) < 4.78 is 0. The highest BCUT2D eigenvalue weighted by molar-refractivity contribution is 7.80. The summed E-state index contributed by atoms with van der Waals surface area (Å²) in [4.78, 5) is 3.36. The molecule has 3 aromatic rings. The van der Waals surface area contributed by atoms with E-state index in [-0.39, 0.29) is 5.37 Å². The molecule has 0 saturated carbocycles. The molecular weight excluding hydrogens is 278 g/mol. The molecule has 3 rings (SSSR count). The van der Waals surface area contributed by atoms with Crippen LogP contribution in [-0.4, -0.2) is 12.0 Å². The van der Waals surface area contributed by atoms with Gasteiger partial charge < -0.3 is 16.0 Å². The lowest BCUT2D eigenvalue weighted by atomic mass is 10.0. The molecule has 0 aliphatic rings. The molecule has 3 nitrogen and oxygen atoms in total. The lowest BCUT2D eigenvalue weighted by Gasteiger charge is -2.07. The van der Waals surface area contributed by atoms with E-state index in [1.807, 2.05) is 19.2 Å². The van der Waals surface area contributed by atoms with E-state index in [1.165, 1.54) is 16.5 Å². The zero-order chi connectivity index (χ0) is 14.8. The highest BCUT2D eigenvalue weighted by atomic mass is 32.1. The molecule has 4 N–H and O–H groups in total. The van der Waals surface area contributed by atoms with Gasteiger partial charge in [0.05, 0.1) is 5.37 Å². The third kappa shape index (κ3) is 2.83. The van der Waals surface area contributed by atoms with Gasteiger partial charge in [-0.1, -0.05) is 30.3 Å². The van der Waals surface area contributed by atoms with Crippen molar-refractivity contribution in [3.8, 4) is 11.1 Å². The lowest BCUT2D eigenvalue weighted by molar-refractivity contribution is 0.819. The van der Waals surface area contributed by atoms with Gasteiger partial charge in [0.15, 0.2) is 0 Å². The highest BCUT2D eigenvalue weighted by Crippen LogP contribution is 2.30. The van der Waals surface area contributed by atoms with Gasteiger partial charge in [0.2, 0.25) is 0 Å². The van der Waals surface area contributed by atoms with E-state index in [1.54, 1.807) is 0 Å². The fraction of sp³-hybridized carbons (Fsp3) is 0.176. The Morgan fingerprint density at radius 1 is 1.24 bits per heavy atom. The number of nitrogens with two attached hydrogens (primary N) is 1. The predicted octanol–water partition coefficient (Wildman–Crippen LogP) is 3.44. The van der Waals surface area contributed by atoms with E-state index < -0.39 is 0 Å². The van der Waals surface area contributed by atoms with Crippen molar-refractivity contribution in [3.05, 3.63) is 59.8 Å². The summed E-state index contributed by atoms with van der Waals surface area (Å²) in [6, 6.07) is 14.7. The van der Waals surface area contributed by atoms with Crippen LogP contribution < -0.4 is 11.1 Å². The minimum Gasteiger partial charge on any atom is -0.361 e. The van der Waals surface area contributed by atoms with Gasteiger partial charge in [0, 0.05) is 29.2 Å². The van der Waals surface area contributed by atoms with Gasteiger partial charge in [0.1, 0.15) is 0 Å². The summed E-state index contributed by atoms with van der Waals surface area (Å²) in [6.45, 7) is 0.869. The Bertz CT molecular complexity index is 762. The molecule has 0 bridgehead atoms. The molecule has 1 aromatic heterocycles. The van der Waals surface area contributed by atoms with E-state index in [4.69, 9.17) is 5.73 Å². The van der Waals surface area contributed by atoms with Crippen molar-refractivity contribution in [1.29, 1.82) is 0 Å². The smallest absolute Gasteiger partial charge is 0.0734 e. The first-order chi connectivity index (χ1) is 10.2. The number of H-pyrrole nitrogens is 1. The number of aromatic nitrogens is 1. The molecule has 108 valence electrons. The summed E-state index contributed by atoms with van der Waals surface area (Å²) in [7, 11) is 1.95. The van der Waals surface area contributed by atoms with Crippen LogP contribution in [0.2, 0.25) is 0 Å². The summed E-state index contributed by atoms with van der Waals surface area (Å²) in [5.41, 5.74) is 11.6. The van der Waals surface area contributed by atoms with Gasteiger partial charge in [0.25, 0.3) is 0 Å². The number of hydrogen-bond donors (Lipinski definition) is 4. The molecule has 0 aliphatic heterocycles. The second-order valence-corrected chi connectivity index (χ2v) is 5.74. The zero-order valence-corrected chi connectivity index (χ0v) is 12.8. The fourth-order valence-corrected chi connectivity index (χ4v) is 2.78. The van der Waals surface area contributed by atoms with Crippen LogP contribution in [-0.2, 0) is 6.54 Å². The largest absolute Gasteiger partial charge is 0.361 e. The molecule has 0 saturated heterocycles. The van der Waals surface area contributed by atoms with Crippen LogP contribution in [0.25, 0.3) is 22.0 Å². The summed E-state index contributed by atoms with van der Waals surface area (Å²) in [6.07, 6.45) is 2.05. The monoisotopic (exact) mass is 297 g/mol. The molecule has 4 heteroatoms. The SMILES string of the molecule is CNCc1ccc2c(-c3cccc(C(N)S)c3)c[nH]c2c1. The first-order valence-electron chi connectivity index (χ1n) is 6.97. The molecule has 0 fully saturated rings.